The minimum Gasteiger partial charge on any atom is -0.457 e. The summed E-state index contributed by atoms with van der Waals surface area (Å²) in [4.78, 5) is 0. The summed E-state index contributed by atoms with van der Waals surface area (Å²) in [5, 5.41) is 9.83. The molecular weight excluding hydrogens is 234 g/mol. The molecule has 0 saturated carbocycles. The Balaban J connectivity index is 1.87. The minimum atomic E-state index is 0.667. The van der Waals surface area contributed by atoms with Gasteiger partial charge in [-0.15, -0.1) is 0 Å². The van der Waals surface area contributed by atoms with Crippen LogP contribution in [0.2, 0.25) is 0 Å². The van der Waals surface area contributed by atoms with E-state index in [4.69, 9.17) is 9.68 Å². The summed E-state index contributed by atoms with van der Waals surface area (Å²) in [6.07, 6.45) is 3.90. The molecule has 0 N–H and O–H groups in total. The zero-order valence-corrected chi connectivity index (χ0v) is 10.2. The normalized spacial score (nSPS) is 10.9. The lowest BCUT2D eigenvalue weighted by Crippen LogP contribution is -1.74. The lowest BCUT2D eigenvalue weighted by molar-refractivity contribution is 0.604. The van der Waals surface area contributed by atoms with Gasteiger partial charge in [0.25, 0.3) is 0 Å². The number of benzene rings is 2. The predicted octanol–water partition coefficient (Wildman–Crippen LogP) is 4.47. The molecule has 1 heterocycles. The number of hydrogen-bond donors (Lipinski definition) is 0. The van der Waals surface area contributed by atoms with E-state index < -0.39 is 0 Å². The summed E-state index contributed by atoms with van der Waals surface area (Å²) in [5.41, 5.74) is 2.60. The maximum absolute atomic E-state index is 8.73. The highest BCUT2D eigenvalue weighted by molar-refractivity contribution is 5.81. The fourth-order valence-electron chi connectivity index (χ4n) is 1.93. The first-order valence-corrected chi connectivity index (χ1v) is 6.02. The molecule has 0 fully saturated rings. The lowest BCUT2D eigenvalue weighted by atomic mass is 10.1. The molecule has 0 spiro atoms. The molecule has 1 aromatic heterocycles. The molecule has 0 aliphatic heterocycles. The zero-order chi connectivity index (χ0) is 13.1. The van der Waals surface area contributed by atoms with E-state index in [1.54, 1.807) is 12.1 Å². The SMILES string of the molecule is N#Cc1ccc(/C=C\c2cc3ccccc3o2)cc1. The van der Waals surface area contributed by atoms with E-state index >= 15 is 0 Å². The molecule has 0 unspecified atom stereocenters. The van der Waals surface area contributed by atoms with Crippen molar-refractivity contribution in [3.05, 3.63) is 71.5 Å². The standard InChI is InChI=1S/C17H11NO/c18-12-14-7-5-13(6-8-14)9-10-16-11-15-3-1-2-4-17(15)19-16/h1-11H/b10-9-. The van der Waals surface area contributed by atoms with Gasteiger partial charge in [-0.25, -0.2) is 0 Å². The van der Waals surface area contributed by atoms with Gasteiger partial charge in [0.1, 0.15) is 11.3 Å². The van der Waals surface area contributed by atoms with Gasteiger partial charge in [0.05, 0.1) is 11.6 Å². The van der Waals surface area contributed by atoms with Crippen LogP contribution < -0.4 is 0 Å². The van der Waals surface area contributed by atoms with Gasteiger partial charge >= 0.3 is 0 Å². The van der Waals surface area contributed by atoms with E-state index in [1.807, 2.05) is 54.6 Å². The number of furan rings is 1. The van der Waals surface area contributed by atoms with Crippen molar-refractivity contribution in [1.82, 2.24) is 0 Å². The number of hydrogen-bond acceptors (Lipinski definition) is 2. The van der Waals surface area contributed by atoms with Gasteiger partial charge in [-0.05, 0) is 35.9 Å². The Bertz CT molecular complexity index is 740. The molecule has 0 radical (unpaired) electrons. The second kappa shape index (κ2) is 4.83. The molecule has 0 aliphatic carbocycles. The summed E-state index contributed by atoms with van der Waals surface area (Å²) < 4.78 is 5.70. The molecule has 0 atom stereocenters. The van der Waals surface area contributed by atoms with Crippen LogP contribution in [0.4, 0.5) is 0 Å². The summed E-state index contributed by atoms with van der Waals surface area (Å²) in [7, 11) is 0. The topological polar surface area (TPSA) is 36.9 Å². The van der Waals surface area contributed by atoms with Crippen molar-refractivity contribution >= 4 is 23.1 Å². The molecule has 3 rings (SSSR count). The van der Waals surface area contributed by atoms with Crippen LogP contribution in [-0.2, 0) is 0 Å². The molecule has 3 aromatic rings. The van der Waals surface area contributed by atoms with E-state index in [1.165, 1.54) is 0 Å². The summed E-state index contributed by atoms with van der Waals surface area (Å²) >= 11 is 0. The molecule has 19 heavy (non-hydrogen) atoms. The van der Waals surface area contributed by atoms with Crippen LogP contribution >= 0.6 is 0 Å². The van der Waals surface area contributed by atoms with E-state index in [0.717, 1.165) is 22.3 Å². The monoisotopic (exact) mass is 245 g/mol. The van der Waals surface area contributed by atoms with Gasteiger partial charge in [0, 0.05) is 5.39 Å². The van der Waals surface area contributed by atoms with Crippen molar-refractivity contribution in [2.24, 2.45) is 0 Å². The average Bonchev–Trinajstić information content (AvgIpc) is 2.88. The summed E-state index contributed by atoms with van der Waals surface area (Å²) in [6.45, 7) is 0. The van der Waals surface area contributed by atoms with Gasteiger partial charge in [0.15, 0.2) is 0 Å². The van der Waals surface area contributed by atoms with Gasteiger partial charge in [-0.3, -0.25) is 0 Å². The van der Waals surface area contributed by atoms with Gasteiger partial charge in [-0.2, -0.15) is 5.26 Å². The Morgan fingerprint density at radius 2 is 1.74 bits per heavy atom. The van der Waals surface area contributed by atoms with Crippen molar-refractivity contribution in [2.75, 3.05) is 0 Å². The Morgan fingerprint density at radius 1 is 0.947 bits per heavy atom. The third-order valence-electron chi connectivity index (χ3n) is 2.92. The first-order valence-electron chi connectivity index (χ1n) is 6.02. The second-order valence-corrected chi connectivity index (χ2v) is 4.25. The molecular formula is C17H11NO. The van der Waals surface area contributed by atoms with Crippen molar-refractivity contribution in [2.45, 2.75) is 0 Å². The average molecular weight is 245 g/mol. The van der Waals surface area contributed by atoms with Gasteiger partial charge in [-0.1, -0.05) is 36.4 Å². The summed E-state index contributed by atoms with van der Waals surface area (Å²) in [6, 6.07) is 19.5. The van der Waals surface area contributed by atoms with Crippen LogP contribution in [0.5, 0.6) is 0 Å². The molecule has 0 bridgehead atoms. The van der Waals surface area contributed by atoms with Crippen LogP contribution in [0, 0.1) is 11.3 Å². The van der Waals surface area contributed by atoms with Crippen molar-refractivity contribution in [3.8, 4) is 6.07 Å². The Labute approximate surface area is 111 Å². The van der Waals surface area contributed by atoms with Crippen molar-refractivity contribution in [1.29, 1.82) is 5.26 Å². The Morgan fingerprint density at radius 3 is 2.47 bits per heavy atom. The number of nitrogens with zero attached hydrogens (tertiary/aromatic N) is 1. The van der Waals surface area contributed by atoms with Gasteiger partial charge < -0.3 is 4.42 Å². The first-order chi connectivity index (χ1) is 9.35. The van der Waals surface area contributed by atoms with Crippen molar-refractivity contribution in [3.63, 3.8) is 0 Å². The van der Waals surface area contributed by atoms with E-state index in [0.29, 0.717) is 5.56 Å². The number of nitriles is 1. The highest BCUT2D eigenvalue weighted by Crippen LogP contribution is 2.20. The highest BCUT2D eigenvalue weighted by atomic mass is 16.3. The van der Waals surface area contributed by atoms with Gasteiger partial charge in [0.2, 0.25) is 0 Å². The van der Waals surface area contributed by atoms with Crippen LogP contribution in [0.15, 0.2) is 59.0 Å². The maximum atomic E-state index is 8.73. The quantitative estimate of drug-likeness (QED) is 0.667. The van der Waals surface area contributed by atoms with E-state index in [2.05, 4.69) is 6.07 Å². The third-order valence-corrected chi connectivity index (χ3v) is 2.92. The molecule has 2 nitrogen and oxygen atoms in total. The largest absolute Gasteiger partial charge is 0.457 e. The minimum absolute atomic E-state index is 0.667. The van der Waals surface area contributed by atoms with Crippen molar-refractivity contribution < 1.29 is 4.42 Å². The molecule has 2 aromatic carbocycles. The van der Waals surface area contributed by atoms with Crippen LogP contribution in [0.3, 0.4) is 0 Å². The molecule has 0 saturated heterocycles. The molecule has 0 amide bonds. The number of fused-ring (bicyclic) bond motifs is 1. The Hall–Kier alpha value is -2.79. The smallest absolute Gasteiger partial charge is 0.134 e. The maximum Gasteiger partial charge on any atom is 0.134 e. The van der Waals surface area contributed by atoms with E-state index in [-0.39, 0.29) is 0 Å². The van der Waals surface area contributed by atoms with Crippen LogP contribution in [0.1, 0.15) is 16.9 Å². The predicted molar refractivity (Wildman–Crippen MR) is 76.3 cm³/mol. The van der Waals surface area contributed by atoms with Crippen LogP contribution in [0.25, 0.3) is 23.1 Å². The van der Waals surface area contributed by atoms with Crippen LogP contribution in [-0.4, -0.2) is 0 Å². The third kappa shape index (κ3) is 2.41. The molecule has 2 heteroatoms. The summed E-state index contributed by atoms with van der Waals surface area (Å²) in [5.74, 6) is 0.825. The Kier molecular flexibility index (Phi) is 2.88. The number of rotatable bonds is 2. The van der Waals surface area contributed by atoms with E-state index in [9.17, 15) is 0 Å². The number of para-hydroxylation sites is 1. The lowest BCUT2D eigenvalue weighted by Gasteiger charge is -1.92. The second-order valence-electron chi connectivity index (χ2n) is 4.25. The molecule has 0 aliphatic rings. The fraction of sp³-hybridized carbons (Fsp3) is 0. The highest BCUT2D eigenvalue weighted by Gasteiger charge is 1.99. The molecule has 90 valence electrons. The first kappa shape index (κ1) is 11.3. The fourth-order valence-corrected chi connectivity index (χ4v) is 1.93. The zero-order valence-electron chi connectivity index (χ0n) is 10.2.